The predicted octanol–water partition coefficient (Wildman–Crippen LogP) is 2.09. The van der Waals surface area contributed by atoms with Crippen molar-refractivity contribution in [1.29, 1.82) is 0 Å². The van der Waals surface area contributed by atoms with Gasteiger partial charge in [-0.25, -0.2) is 0 Å². The van der Waals surface area contributed by atoms with E-state index in [1.807, 2.05) is 42.5 Å². The van der Waals surface area contributed by atoms with E-state index < -0.39 is 5.91 Å². The average Bonchev–Trinajstić information content (AvgIpc) is 2.48. The van der Waals surface area contributed by atoms with Gasteiger partial charge in [-0.3, -0.25) is 9.59 Å². The molecule has 1 heterocycles. The highest BCUT2D eigenvalue weighted by Gasteiger charge is 2.13. The summed E-state index contributed by atoms with van der Waals surface area (Å²) in [7, 11) is 0. The molecule has 2 aromatic carbocycles. The molecule has 0 saturated heterocycles. The van der Waals surface area contributed by atoms with Crippen molar-refractivity contribution in [2.24, 2.45) is 5.73 Å². The molecule has 3 rings (SSSR count). The highest BCUT2D eigenvalue weighted by molar-refractivity contribution is 5.96. The third kappa shape index (κ3) is 1.87. The Labute approximate surface area is 115 Å². The van der Waals surface area contributed by atoms with Crippen LogP contribution in [0.3, 0.4) is 0 Å². The fourth-order valence-electron chi connectivity index (χ4n) is 2.26. The van der Waals surface area contributed by atoms with Crippen molar-refractivity contribution in [2.45, 2.75) is 0 Å². The molecule has 20 heavy (non-hydrogen) atoms. The molecular weight excluding hydrogens is 252 g/mol. The SMILES string of the molecule is NC(=O)c1cn(-c2ccccc2)c2ccccc2c1=O. The van der Waals surface area contributed by atoms with Crippen LogP contribution in [-0.2, 0) is 0 Å². The number of para-hydroxylation sites is 2. The van der Waals surface area contributed by atoms with E-state index in [1.54, 1.807) is 16.7 Å². The minimum Gasteiger partial charge on any atom is -0.365 e. The number of carbonyl (C=O) groups excluding carboxylic acids is 1. The van der Waals surface area contributed by atoms with Crippen molar-refractivity contribution < 1.29 is 4.79 Å². The van der Waals surface area contributed by atoms with E-state index in [2.05, 4.69) is 0 Å². The first-order chi connectivity index (χ1) is 9.68. The maximum Gasteiger partial charge on any atom is 0.254 e. The molecule has 4 heteroatoms. The van der Waals surface area contributed by atoms with Gasteiger partial charge in [-0.2, -0.15) is 0 Å². The minimum atomic E-state index is -0.717. The van der Waals surface area contributed by atoms with E-state index in [4.69, 9.17) is 5.73 Å². The van der Waals surface area contributed by atoms with Gasteiger partial charge in [0, 0.05) is 17.3 Å². The van der Waals surface area contributed by atoms with Crippen LogP contribution in [0.2, 0.25) is 0 Å². The van der Waals surface area contributed by atoms with E-state index in [-0.39, 0.29) is 11.0 Å². The minimum absolute atomic E-state index is 0.00690. The summed E-state index contributed by atoms with van der Waals surface area (Å²) in [6.07, 6.45) is 1.50. The third-order valence-corrected chi connectivity index (χ3v) is 3.21. The fourth-order valence-corrected chi connectivity index (χ4v) is 2.26. The van der Waals surface area contributed by atoms with Crippen molar-refractivity contribution in [3.8, 4) is 5.69 Å². The van der Waals surface area contributed by atoms with Gasteiger partial charge < -0.3 is 10.3 Å². The van der Waals surface area contributed by atoms with Gasteiger partial charge in [-0.05, 0) is 24.3 Å². The van der Waals surface area contributed by atoms with E-state index in [1.165, 1.54) is 6.20 Å². The number of hydrogen-bond donors (Lipinski definition) is 1. The van der Waals surface area contributed by atoms with Gasteiger partial charge in [-0.1, -0.05) is 30.3 Å². The van der Waals surface area contributed by atoms with Crippen LogP contribution >= 0.6 is 0 Å². The molecule has 1 aromatic heterocycles. The van der Waals surface area contributed by atoms with Crippen LogP contribution in [0.5, 0.6) is 0 Å². The molecule has 0 unspecified atom stereocenters. The number of fused-ring (bicyclic) bond motifs is 1. The summed E-state index contributed by atoms with van der Waals surface area (Å²) in [4.78, 5) is 23.7. The monoisotopic (exact) mass is 264 g/mol. The summed E-state index contributed by atoms with van der Waals surface area (Å²) in [5.41, 5.74) is 6.57. The number of aromatic nitrogens is 1. The zero-order chi connectivity index (χ0) is 14.1. The first-order valence-corrected chi connectivity index (χ1v) is 6.18. The number of rotatable bonds is 2. The maximum absolute atomic E-state index is 12.2. The number of nitrogens with two attached hydrogens (primary N) is 1. The lowest BCUT2D eigenvalue weighted by atomic mass is 10.1. The van der Waals surface area contributed by atoms with Crippen LogP contribution in [0, 0.1) is 0 Å². The van der Waals surface area contributed by atoms with Gasteiger partial charge in [0.1, 0.15) is 5.56 Å². The Morgan fingerprint density at radius 3 is 2.30 bits per heavy atom. The summed E-state index contributed by atoms with van der Waals surface area (Å²) in [5.74, 6) is -0.717. The van der Waals surface area contributed by atoms with Gasteiger partial charge in [0.05, 0.1) is 5.52 Å². The van der Waals surface area contributed by atoms with Crippen LogP contribution in [-0.4, -0.2) is 10.5 Å². The first-order valence-electron chi connectivity index (χ1n) is 6.18. The number of primary amides is 1. The van der Waals surface area contributed by atoms with Gasteiger partial charge in [0.2, 0.25) is 5.43 Å². The largest absolute Gasteiger partial charge is 0.365 e. The lowest BCUT2D eigenvalue weighted by molar-refractivity contribution is 0.0999. The van der Waals surface area contributed by atoms with E-state index in [0.717, 1.165) is 11.2 Å². The molecule has 0 radical (unpaired) electrons. The Morgan fingerprint density at radius 2 is 1.60 bits per heavy atom. The summed E-state index contributed by atoms with van der Waals surface area (Å²) in [5, 5.41) is 0.479. The molecule has 0 fully saturated rings. The molecule has 98 valence electrons. The number of pyridine rings is 1. The normalized spacial score (nSPS) is 10.6. The fraction of sp³-hybridized carbons (Fsp3) is 0. The second-order valence-corrected chi connectivity index (χ2v) is 4.46. The quantitative estimate of drug-likeness (QED) is 0.770. The highest BCUT2D eigenvalue weighted by Crippen LogP contribution is 2.17. The standard InChI is InChI=1S/C16H12N2O2/c17-16(20)13-10-18(11-6-2-1-3-7-11)14-9-5-4-8-12(14)15(13)19/h1-10H,(H2,17,20). The maximum atomic E-state index is 12.2. The van der Waals surface area contributed by atoms with E-state index in [9.17, 15) is 9.59 Å². The Hall–Kier alpha value is -2.88. The van der Waals surface area contributed by atoms with Crippen molar-refractivity contribution in [2.75, 3.05) is 0 Å². The zero-order valence-electron chi connectivity index (χ0n) is 10.6. The Bertz CT molecular complexity index is 851. The molecule has 0 saturated carbocycles. The predicted molar refractivity (Wildman–Crippen MR) is 78.1 cm³/mol. The topological polar surface area (TPSA) is 65.1 Å². The Kier molecular flexibility index (Phi) is 2.84. The summed E-state index contributed by atoms with van der Waals surface area (Å²) < 4.78 is 1.80. The highest BCUT2D eigenvalue weighted by atomic mass is 16.2. The lowest BCUT2D eigenvalue weighted by Crippen LogP contribution is -2.23. The molecule has 0 aliphatic heterocycles. The molecule has 0 spiro atoms. The summed E-state index contributed by atoms with van der Waals surface area (Å²) >= 11 is 0. The van der Waals surface area contributed by atoms with Crippen molar-refractivity contribution in [3.63, 3.8) is 0 Å². The molecule has 2 N–H and O–H groups in total. The molecule has 3 aromatic rings. The van der Waals surface area contributed by atoms with E-state index >= 15 is 0 Å². The smallest absolute Gasteiger partial charge is 0.254 e. The Balaban J connectivity index is 2.46. The molecular formula is C16H12N2O2. The second kappa shape index (κ2) is 4.66. The van der Waals surface area contributed by atoms with Crippen LogP contribution in [0.25, 0.3) is 16.6 Å². The van der Waals surface area contributed by atoms with Crippen LogP contribution in [0.15, 0.2) is 65.6 Å². The number of amides is 1. The van der Waals surface area contributed by atoms with Crippen molar-refractivity contribution in [3.05, 3.63) is 76.6 Å². The second-order valence-electron chi connectivity index (χ2n) is 4.46. The molecule has 1 amide bonds. The van der Waals surface area contributed by atoms with Crippen LogP contribution in [0.4, 0.5) is 0 Å². The van der Waals surface area contributed by atoms with Gasteiger partial charge in [-0.15, -0.1) is 0 Å². The first kappa shape index (κ1) is 12.2. The zero-order valence-corrected chi connectivity index (χ0v) is 10.6. The number of carbonyl (C=O) groups is 1. The Morgan fingerprint density at radius 1 is 0.950 bits per heavy atom. The number of nitrogens with zero attached hydrogens (tertiary/aromatic N) is 1. The van der Waals surface area contributed by atoms with Crippen molar-refractivity contribution in [1.82, 2.24) is 4.57 Å². The van der Waals surface area contributed by atoms with Gasteiger partial charge >= 0.3 is 0 Å². The average molecular weight is 264 g/mol. The lowest BCUT2D eigenvalue weighted by Gasteiger charge is -2.12. The molecule has 4 nitrogen and oxygen atoms in total. The van der Waals surface area contributed by atoms with Crippen LogP contribution in [0.1, 0.15) is 10.4 Å². The number of benzene rings is 2. The van der Waals surface area contributed by atoms with Gasteiger partial charge in [0.25, 0.3) is 5.91 Å². The van der Waals surface area contributed by atoms with Crippen molar-refractivity contribution >= 4 is 16.8 Å². The molecule has 0 atom stereocenters. The van der Waals surface area contributed by atoms with Gasteiger partial charge in [0.15, 0.2) is 0 Å². The third-order valence-electron chi connectivity index (χ3n) is 3.21. The molecule has 0 aliphatic carbocycles. The van der Waals surface area contributed by atoms with Crippen LogP contribution < -0.4 is 11.2 Å². The molecule has 0 aliphatic rings. The van der Waals surface area contributed by atoms with E-state index in [0.29, 0.717) is 5.39 Å². The molecule has 0 bridgehead atoms. The summed E-state index contributed by atoms with van der Waals surface area (Å²) in [6, 6.07) is 16.7. The number of hydrogen-bond acceptors (Lipinski definition) is 2. The summed E-state index contributed by atoms with van der Waals surface area (Å²) in [6.45, 7) is 0.